The third-order valence-electron chi connectivity index (χ3n) is 3.37. The first-order chi connectivity index (χ1) is 9.47. The maximum atomic E-state index is 12.2. The number of carbonyl (C=O) groups excluding carboxylic acids is 1. The molecular formula is C15H18ClN3O. The van der Waals surface area contributed by atoms with Crippen LogP contribution in [0.3, 0.4) is 0 Å². The highest BCUT2D eigenvalue weighted by Gasteiger charge is 2.15. The van der Waals surface area contributed by atoms with Crippen molar-refractivity contribution in [2.45, 2.75) is 27.3 Å². The molecule has 1 N–H and O–H groups in total. The Morgan fingerprint density at radius 1 is 1.45 bits per heavy atom. The van der Waals surface area contributed by atoms with Gasteiger partial charge < -0.3 is 5.32 Å². The van der Waals surface area contributed by atoms with Crippen LogP contribution in [0.4, 0.5) is 5.69 Å². The van der Waals surface area contributed by atoms with Crippen molar-refractivity contribution >= 4 is 23.2 Å². The highest BCUT2D eigenvalue weighted by molar-refractivity contribution is 6.30. The summed E-state index contributed by atoms with van der Waals surface area (Å²) in [6.07, 6.45) is 3.28. The van der Waals surface area contributed by atoms with Gasteiger partial charge in [0.2, 0.25) is 5.91 Å². The molecule has 20 heavy (non-hydrogen) atoms. The number of nitrogens with one attached hydrogen (secondary N) is 1. The lowest BCUT2D eigenvalue weighted by Crippen LogP contribution is -2.25. The van der Waals surface area contributed by atoms with Crippen LogP contribution < -0.4 is 5.32 Å². The number of amides is 1. The summed E-state index contributed by atoms with van der Waals surface area (Å²) in [4.78, 5) is 12.2. The summed E-state index contributed by atoms with van der Waals surface area (Å²) in [5, 5.41) is 7.62. The normalized spacial score (nSPS) is 12.2. The first-order valence-corrected chi connectivity index (χ1v) is 6.90. The fourth-order valence-electron chi connectivity index (χ4n) is 1.94. The molecule has 0 aliphatic heterocycles. The molecule has 1 atom stereocenters. The molecular weight excluding hydrogens is 274 g/mol. The molecule has 1 heterocycles. The fourth-order valence-corrected chi connectivity index (χ4v) is 2.10. The topological polar surface area (TPSA) is 46.9 Å². The summed E-state index contributed by atoms with van der Waals surface area (Å²) in [5.41, 5.74) is 3.12. The van der Waals surface area contributed by atoms with Crippen LogP contribution in [-0.2, 0) is 11.3 Å². The molecule has 0 bridgehead atoms. The van der Waals surface area contributed by atoms with Gasteiger partial charge in [-0.3, -0.25) is 9.48 Å². The van der Waals surface area contributed by atoms with E-state index in [-0.39, 0.29) is 11.8 Å². The molecule has 0 radical (unpaired) electrons. The standard InChI is InChI=1S/C15H18ClN3O/c1-10-5-4-6-14(12(10)3)18-15(20)11(2)8-19-9-13(16)7-17-19/h4-7,9,11H,8H2,1-3H3,(H,18,20). The molecule has 0 saturated carbocycles. The number of aromatic nitrogens is 2. The van der Waals surface area contributed by atoms with Gasteiger partial charge in [-0.2, -0.15) is 5.10 Å². The van der Waals surface area contributed by atoms with Gasteiger partial charge >= 0.3 is 0 Å². The van der Waals surface area contributed by atoms with Crippen molar-refractivity contribution in [2.24, 2.45) is 5.92 Å². The zero-order chi connectivity index (χ0) is 14.7. The van der Waals surface area contributed by atoms with Crippen molar-refractivity contribution < 1.29 is 4.79 Å². The molecule has 1 unspecified atom stereocenters. The Hall–Kier alpha value is -1.81. The monoisotopic (exact) mass is 291 g/mol. The molecule has 106 valence electrons. The number of halogens is 1. The molecule has 0 spiro atoms. The van der Waals surface area contributed by atoms with Crippen molar-refractivity contribution in [3.8, 4) is 0 Å². The highest BCUT2D eigenvalue weighted by Crippen LogP contribution is 2.19. The molecule has 2 rings (SSSR count). The maximum Gasteiger partial charge on any atom is 0.229 e. The van der Waals surface area contributed by atoms with Crippen molar-refractivity contribution in [2.75, 3.05) is 5.32 Å². The molecule has 0 aliphatic carbocycles. The van der Waals surface area contributed by atoms with Gasteiger partial charge in [0.05, 0.1) is 23.7 Å². The lowest BCUT2D eigenvalue weighted by atomic mass is 10.1. The molecule has 1 aromatic heterocycles. The van der Waals surface area contributed by atoms with E-state index in [1.165, 1.54) is 0 Å². The quantitative estimate of drug-likeness (QED) is 0.938. The largest absolute Gasteiger partial charge is 0.326 e. The SMILES string of the molecule is Cc1cccc(NC(=O)C(C)Cn2cc(Cl)cn2)c1C. The second-order valence-corrected chi connectivity index (χ2v) is 5.45. The fraction of sp³-hybridized carbons (Fsp3) is 0.333. The number of hydrogen-bond donors (Lipinski definition) is 1. The van der Waals surface area contributed by atoms with Crippen LogP contribution >= 0.6 is 11.6 Å². The lowest BCUT2D eigenvalue weighted by Gasteiger charge is -2.14. The second-order valence-electron chi connectivity index (χ2n) is 5.02. The first-order valence-electron chi connectivity index (χ1n) is 6.52. The highest BCUT2D eigenvalue weighted by atomic mass is 35.5. The van der Waals surface area contributed by atoms with E-state index in [2.05, 4.69) is 10.4 Å². The van der Waals surface area contributed by atoms with Gasteiger partial charge in [-0.15, -0.1) is 0 Å². The number of carbonyl (C=O) groups is 1. The average molecular weight is 292 g/mol. The van der Waals surface area contributed by atoms with E-state index < -0.39 is 0 Å². The third-order valence-corrected chi connectivity index (χ3v) is 3.57. The van der Waals surface area contributed by atoms with Crippen molar-refractivity contribution in [3.05, 3.63) is 46.7 Å². The van der Waals surface area contributed by atoms with Crippen molar-refractivity contribution in [3.63, 3.8) is 0 Å². The van der Waals surface area contributed by atoms with Gasteiger partial charge in [-0.25, -0.2) is 0 Å². The number of benzene rings is 1. The first kappa shape index (κ1) is 14.6. The van der Waals surface area contributed by atoms with E-state index in [0.29, 0.717) is 11.6 Å². The average Bonchev–Trinajstić information content (AvgIpc) is 2.80. The summed E-state index contributed by atoms with van der Waals surface area (Å²) in [7, 11) is 0. The molecule has 0 fully saturated rings. The molecule has 0 saturated heterocycles. The van der Waals surface area contributed by atoms with Gasteiger partial charge in [0.1, 0.15) is 0 Å². The summed E-state index contributed by atoms with van der Waals surface area (Å²) in [6, 6.07) is 5.88. The van der Waals surface area contributed by atoms with E-state index in [9.17, 15) is 4.79 Å². The zero-order valence-electron chi connectivity index (χ0n) is 11.9. The molecule has 2 aromatic rings. The number of rotatable bonds is 4. The number of nitrogens with zero attached hydrogens (tertiary/aromatic N) is 2. The Labute approximate surface area is 123 Å². The molecule has 1 amide bonds. The molecule has 5 heteroatoms. The zero-order valence-corrected chi connectivity index (χ0v) is 12.6. The number of anilines is 1. The van der Waals surface area contributed by atoms with Gasteiger partial charge in [0, 0.05) is 11.9 Å². The minimum atomic E-state index is -0.189. The van der Waals surface area contributed by atoms with E-state index >= 15 is 0 Å². The van der Waals surface area contributed by atoms with E-state index in [1.54, 1.807) is 17.1 Å². The van der Waals surface area contributed by atoms with E-state index in [4.69, 9.17) is 11.6 Å². The minimum absolute atomic E-state index is 0.0228. The van der Waals surface area contributed by atoms with Crippen LogP contribution in [0.25, 0.3) is 0 Å². The second kappa shape index (κ2) is 6.09. The van der Waals surface area contributed by atoms with E-state index in [1.807, 2.05) is 39.0 Å². The van der Waals surface area contributed by atoms with Gasteiger partial charge in [0.25, 0.3) is 0 Å². The smallest absolute Gasteiger partial charge is 0.229 e. The Morgan fingerprint density at radius 3 is 2.85 bits per heavy atom. The van der Waals surface area contributed by atoms with Crippen LogP contribution in [0.1, 0.15) is 18.1 Å². The predicted octanol–water partition coefficient (Wildman–Crippen LogP) is 3.43. The van der Waals surface area contributed by atoms with Gasteiger partial charge in [0.15, 0.2) is 0 Å². The van der Waals surface area contributed by atoms with Gasteiger partial charge in [-0.05, 0) is 31.0 Å². The lowest BCUT2D eigenvalue weighted by molar-refractivity contribution is -0.119. The summed E-state index contributed by atoms with van der Waals surface area (Å²) in [6.45, 7) is 6.41. The Kier molecular flexibility index (Phi) is 4.45. The van der Waals surface area contributed by atoms with Gasteiger partial charge in [-0.1, -0.05) is 30.7 Å². The molecule has 1 aromatic carbocycles. The number of hydrogen-bond acceptors (Lipinski definition) is 2. The summed E-state index contributed by atoms with van der Waals surface area (Å²) in [5.74, 6) is -0.212. The van der Waals surface area contributed by atoms with Crippen LogP contribution in [0.2, 0.25) is 5.02 Å². The Balaban J connectivity index is 2.02. The van der Waals surface area contributed by atoms with Crippen LogP contribution in [0.5, 0.6) is 0 Å². The summed E-state index contributed by atoms with van der Waals surface area (Å²) >= 11 is 5.81. The van der Waals surface area contributed by atoms with Crippen LogP contribution in [0, 0.1) is 19.8 Å². The van der Waals surface area contributed by atoms with Crippen LogP contribution in [-0.4, -0.2) is 15.7 Å². The molecule has 4 nitrogen and oxygen atoms in total. The van der Waals surface area contributed by atoms with E-state index in [0.717, 1.165) is 16.8 Å². The third kappa shape index (κ3) is 3.39. The summed E-state index contributed by atoms with van der Waals surface area (Å²) < 4.78 is 1.68. The number of aryl methyl sites for hydroxylation is 1. The Morgan fingerprint density at radius 2 is 2.20 bits per heavy atom. The minimum Gasteiger partial charge on any atom is -0.326 e. The Bertz CT molecular complexity index is 621. The van der Waals surface area contributed by atoms with Crippen molar-refractivity contribution in [1.29, 1.82) is 0 Å². The predicted molar refractivity (Wildman–Crippen MR) is 80.9 cm³/mol. The maximum absolute atomic E-state index is 12.2. The molecule has 0 aliphatic rings. The van der Waals surface area contributed by atoms with Crippen LogP contribution in [0.15, 0.2) is 30.6 Å². The van der Waals surface area contributed by atoms with Crippen molar-refractivity contribution in [1.82, 2.24) is 9.78 Å².